The van der Waals surface area contributed by atoms with Crippen LogP contribution < -0.4 is 15.1 Å². The van der Waals surface area contributed by atoms with Crippen molar-refractivity contribution in [2.75, 3.05) is 59.0 Å². The third-order valence-electron chi connectivity index (χ3n) is 16.1. The predicted octanol–water partition coefficient (Wildman–Crippen LogP) is 3.29. The normalized spacial score (nSPS) is 35.3. The highest BCUT2D eigenvalue weighted by atomic mass is 16.6. The second kappa shape index (κ2) is 15.5. The number of ether oxygens (including phenoxy) is 4. The quantitative estimate of drug-likeness (QED) is 0.0896. The number of aliphatic hydroxyl groups is 2. The molecule has 10 atom stereocenters. The van der Waals surface area contributed by atoms with E-state index in [0.29, 0.717) is 99.5 Å². The molecule has 9 rings (SSSR count). The molecule has 1 spiro atoms. The first-order chi connectivity index (χ1) is 30.2. The van der Waals surface area contributed by atoms with E-state index in [-0.39, 0.29) is 12.3 Å². The van der Waals surface area contributed by atoms with Gasteiger partial charge in [0.25, 0.3) is 0 Å². The zero-order chi connectivity index (χ0) is 44.9. The van der Waals surface area contributed by atoms with E-state index in [4.69, 9.17) is 18.9 Å². The number of piperidine rings is 1. The molecule has 1 unspecified atom stereocenters. The van der Waals surface area contributed by atoms with Crippen LogP contribution in [0.3, 0.4) is 0 Å². The van der Waals surface area contributed by atoms with Crippen molar-refractivity contribution in [1.29, 1.82) is 0 Å². The second-order valence-electron chi connectivity index (χ2n) is 19.0. The number of H-pyrrole nitrogens is 1. The van der Waals surface area contributed by atoms with E-state index in [0.717, 1.165) is 28.2 Å². The zero-order valence-corrected chi connectivity index (χ0v) is 37.5. The molecule has 15 heteroatoms. The molecular weight excluding hydrogens is 803 g/mol. The molecule has 5 aliphatic heterocycles. The summed E-state index contributed by atoms with van der Waals surface area (Å²) in [5.41, 5.74) is -2.12. The minimum Gasteiger partial charge on any atom is -0.496 e. The summed E-state index contributed by atoms with van der Waals surface area (Å²) < 4.78 is 23.8. The maximum atomic E-state index is 15.5. The summed E-state index contributed by atoms with van der Waals surface area (Å²) in [5.74, 6) is -2.08. The summed E-state index contributed by atoms with van der Waals surface area (Å²) in [4.78, 5) is 66.6. The Bertz CT molecular complexity index is 2400. The molecule has 3 aromatic rings. The molecule has 63 heavy (non-hydrogen) atoms. The van der Waals surface area contributed by atoms with Crippen LogP contribution in [0.4, 0.5) is 5.69 Å². The van der Waals surface area contributed by atoms with Crippen molar-refractivity contribution in [3.05, 3.63) is 64.9 Å². The Kier molecular flexibility index (Phi) is 10.7. The largest absolute Gasteiger partial charge is 0.496 e. The number of aromatic nitrogens is 1. The number of nitrogens with zero attached hydrogens (tertiary/aromatic N) is 3. The first-order valence-corrected chi connectivity index (χ1v) is 22.6. The minimum atomic E-state index is -2.54. The van der Waals surface area contributed by atoms with Gasteiger partial charge in [-0.05, 0) is 74.2 Å². The van der Waals surface area contributed by atoms with Crippen molar-refractivity contribution in [3.8, 4) is 5.75 Å². The van der Waals surface area contributed by atoms with Gasteiger partial charge in [0.1, 0.15) is 11.2 Å². The summed E-state index contributed by atoms with van der Waals surface area (Å²) in [6.07, 6.45) is 6.66. The van der Waals surface area contributed by atoms with Crippen LogP contribution in [0, 0.1) is 11.3 Å². The molecule has 1 amide bonds. The lowest BCUT2D eigenvalue weighted by molar-refractivity contribution is -0.228. The van der Waals surface area contributed by atoms with Gasteiger partial charge < -0.3 is 39.0 Å². The lowest BCUT2D eigenvalue weighted by Gasteiger charge is -2.63. The Morgan fingerprint density at radius 2 is 1.75 bits per heavy atom. The molecule has 6 heterocycles. The van der Waals surface area contributed by atoms with Crippen molar-refractivity contribution < 1.29 is 48.3 Å². The number of anilines is 1. The maximum absolute atomic E-state index is 15.5. The van der Waals surface area contributed by atoms with Gasteiger partial charge in [0.2, 0.25) is 12.0 Å². The highest BCUT2D eigenvalue weighted by Crippen LogP contribution is 2.68. The van der Waals surface area contributed by atoms with Crippen LogP contribution in [0.15, 0.2) is 42.5 Å². The summed E-state index contributed by atoms with van der Waals surface area (Å²) in [6.45, 7) is 10.3. The van der Waals surface area contributed by atoms with Crippen LogP contribution in [0.5, 0.6) is 5.75 Å². The number of rotatable bonds is 10. The number of benzene rings is 2. The number of amides is 1. The van der Waals surface area contributed by atoms with Gasteiger partial charge in [-0.3, -0.25) is 24.2 Å². The van der Waals surface area contributed by atoms with Crippen LogP contribution in [-0.4, -0.2) is 140 Å². The third kappa shape index (κ3) is 5.90. The van der Waals surface area contributed by atoms with E-state index >= 15 is 4.79 Å². The van der Waals surface area contributed by atoms with Crippen LogP contribution in [-0.2, 0) is 50.6 Å². The van der Waals surface area contributed by atoms with Gasteiger partial charge >= 0.3 is 17.9 Å². The summed E-state index contributed by atoms with van der Waals surface area (Å²) in [6, 6.07) is 8.28. The Hall–Kier alpha value is -4.70. The molecule has 3 N–H and O–H groups in total. The van der Waals surface area contributed by atoms with Gasteiger partial charge in [-0.1, -0.05) is 56.8 Å². The highest BCUT2D eigenvalue weighted by molar-refractivity contribution is 6.53. The lowest BCUT2D eigenvalue weighted by Crippen LogP contribution is -2.81. The lowest BCUT2D eigenvalue weighted by atomic mass is 9.47. The molecule has 2 bridgehead atoms. The van der Waals surface area contributed by atoms with E-state index in [9.17, 15) is 24.6 Å². The number of hydrogen-bond acceptors (Lipinski definition) is 12. The zero-order valence-electron chi connectivity index (χ0n) is 37.5. The molecule has 2 saturated heterocycles. The van der Waals surface area contributed by atoms with Crippen LogP contribution in [0.2, 0.25) is 6.32 Å². The number of hydrogen-bond donors (Lipinski definition) is 3. The first-order valence-electron chi connectivity index (χ1n) is 22.6. The van der Waals surface area contributed by atoms with Crippen LogP contribution in [0.25, 0.3) is 10.9 Å². The Morgan fingerprint density at radius 3 is 2.41 bits per heavy atom. The van der Waals surface area contributed by atoms with Gasteiger partial charge in [0, 0.05) is 78.2 Å². The predicted molar refractivity (Wildman–Crippen MR) is 236 cm³/mol. The highest BCUT2D eigenvalue weighted by Gasteiger charge is 2.81. The summed E-state index contributed by atoms with van der Waals surface area (Å²) in [5, 5.41) is 26.4. The monoisotopic (exact) mass is 863 g/mol. The van der Waals surface area contributed by atoms with Gasteiger partial charge in [-0.15, -0.1) is 0 Å². The standard InChI is InChI=1S/C48H60BN4O10/c1-8-44(58)23-29-24-47(42(56)61-6,38-31(14-18-51(25-29)26-44)32-20-30(49-10-3)12-13-35(32)50-38)34-21-33-36(22-37(34)60-5)53(27-54)40-46(33)16-19-52-17-11-15-45(9-2,39(46)52)41(63-28(4)55)48(40,59)43(57)62-7/h11-13,15,20-22,27,29,39-41,50,58-59H,8-10,14,16-19,23-26H2,1-7H3/t29-,39-,40+,41+,44-,45+,46+,47-,48-/m0/s1. The fourth-order valence-corrected chi connectivity index (χ4v) is 13.8. The molecule has 2 aromatic carbocycles. The number of esters is 3. The van der Waals surface area contributed by atoms with Crippen LogP contribution >= 0.6 is 0 Å². The van der Waals surface area contributed by atoms with Crippen molar-refractivity contribution in [2.24, 2.45) is 11.3 Å². The van der Waals surface area contributed by atoms with Gasteiger partial charge in [-0.2, -0.15) is 0 Å². The average Bonchev–Trinajstić information content (AvgIpc) is 3.95. The topological polar surface area (TPSA) is 171 Å². The van der Waals surface area contributed by atoms with E-state index in [1.807, 2.05) is 32.1 Å². The summed E-state index contributed by atoms with van der Waals surface area (Å²) >= 11 is 0. The molecular formula is C48H60BN4O10. The molecule has 6 aliphatic rings. The van der Waals surface area contributed by atoms with E-state index < -0.39 is 63.5 Å². The Balaban J connectivity index is 1.38. The fraction of sp³-hybridized carbons (Fsp3) is 0.583. The fourth-order valence-electron chi connectivity index (χ4n) is 13.8. The van der Waals surface area contributed by atoms with Crippen molar-refractivity contribution in [2.45, 2.75) is 113 Å². The van der Waals surface area contributed by atoms with Crippen molar-refractivity contribution in [1.82, 2.24) is 14.8 Å². The second-order valence-corrected chi connectivity index (χ2v) is 19.0. The minimum absolute atomic E-state index is 0.165. The number of carbonyl (C=O) groups is 4. The number of aromatic amines is 1. The van der Waals surface area contributed by atoms with Crippen molar-refractivity contribution in [3.63, 3.8) is 0 Å². The number of methoxy groups -OCH3 is 3. The maximum Gasteiger partial charge on any atom is 0.344 e. The molecule has 3 fully saturated rings. The molecule has 14 nitrogen and oxygen atoms in total. The number of fused-ring (bicyclic) bond motifs is 6. The number of nitrogens with one attached hydrogen (secondary N) is 1. The van der Waals surface area contributed by atoms with Gasteiger partial charge in [-0.25, -0.2) is 4.79 Å². The molecule has 1 radical (unpaired) electrons. The third-order valence-corrected chi connectivity index (χ3v) is 16.1. The van der Waals surface area contributed by atoms with Gasteiger partial charge in [0.05, 0.1) is 38.7 Å². The van der Waals surface area contributed by atoms with E-state index in [1.54, 1.807) is 6.07 Å². The van der Waals surface area contributed by atoms with E-state index in [1.165, 1.54) is 33.2 Å². The number of carbonyl (C=O) groups excluding carboxylic acids is 4. The van der Waals surface area contributed by atoms with Crippen LogP contribution in [0.1, 0.15) is 82.2 Å². The smallest absolute Gasteiger partial charge is 0.344 e. The van der Waals surface area contributed by atoms with Crippen molar-refractivity contribution >= 4 is 53.7 Å². The Morgan fingerprint density at radius 1 is 0.968 bits per heavy atom. The molecule has 1 saturated carbocycles. The SMILES string of the molecule is CC[B]c1ccc2[nH]c3c(c2c1)CCN1C[C@@H](C[C@@](O)(CC)C1)C[C@]3(C(=O)OC)c1cc2c(cc1OC)N(C=O)[C@H]1[C@@](O)(C(=O)OC)[C@H](OC(C)=O)[C@]3(CC)C=CCN4CC[C@]21[C@@H]43. The Labute approximate surface area is 369 Å². The molecule has 1 aliphatic carbocycles. The molecule has 335 valence electrons. The first kappa shape index (κ1) is 43.6. The summed E-state index contributed by atoms with van der Waals surface area (Å²) in [7, 11) is 6.28. The average molecular weight is 864 g/mol. The van der Waals surface area contributed by atoms with Gasteiger partial charge in [0.15, 0.2) is 13.4 Å². The van der Waals surface area contributed by atoms with E-state index in [2.05, 4.69) is 47.2 Å². The molecule has 1 aromatic heterocycles.